The zero-order chi connectivity index (χ0) is 13.0. The lowest BCUT2D eigenvalue weighted by Gasteiger charge is -2.09. The van der Waals surface area contributed by atoms with Gasteiger partial charge in [-0.05, 0) is 42.3 Å². The zero-order valence-electron chi connectivity index (χ0n) is 9.79. The van der Waals surface area contributed by atoms with Gasteiger partial charge in [-0.15, -0.1) is 0 Å². The Kier molecular flexibility index (Phi) is 3.77. The minimum Gasteiger partial charge on any atom is -0.397 e. The van der Waals surface area contributed by atoms with Crippen LogP contribution in [-0.4, -0.2) is 6.54 Å². The molecule has 0 amide bonds. The van der Waals surface area contributed by atoms with E-state index in [-0.39, 0.29) is 11.6 Å². The van der Waals surface area contributed by atoms with Crippen LogP contribution in [0.3, 0.4) is 0 Å². The van der Waals surface area contributed by atoms with E-state index in [0.29, 0.717) is 17.9 Å². The highest BCUT2D eigenvalue weighted by molar-refractivity contribution is 5.65. The van der Waals surface area contributed by atoms with Gasteiger partial charge in [0.2, 0.25) is 0 Å². The molecule has 0 fully saturated rings. The van der Waals surface area contributed by atoms with Gasteiger partial charge < -0.3 is 11.1 Å². The molecule has 0 saturated heterocycles. The number of nitrogens with one attached hydrogen (secondary N) is 1. The lowest BCUT2D eigenvalue weighted by molar-refractivity contribution is 0.626. The predicted molar refractivity (Wildman–Crippen MR) is 69.4 cm³/mol. The molecule has 0 atom stereocenters. The monoisotopic (exact) mass is 248 g/mol. The van der Waals surface area contributed by atoms with E-state index in [2.05, 4.69) is 5.32 Å². The zero-order valence-corrected chi connectivity index (χ0v) is 9.79. The molecule has 0 aliphatic carbocycles. The van der Waals surface area contributed by atoms with Crippen LogP contribution in [0.15, 0.2) is 42.5 Å². The number of rotatable bonds is 4. The van der Waals surface area contributed by atoms with Gasteiger partial charge in [-0.2, -0.15) is 0 Å². The third-order valence-corrected chi connectivity index (χ3v) is 2.66. The summed E-state index contributed by atoms with van der Waals surface area (Å²) in [6, 6.07) is 10.5. The van der Waals surface area contributed by atoms with Crippen molar-refractivity contribution < 1.29 is 8.78 Å². The number of hydrogen-bond acceptors (Lipinski definition) is 2. The largest absolute Gasteiger partial charge is 0.397 e. The summed E-state index contributed by atoms with van der Waals surface area (Å²) in [6.07, 6.45) is 0.718. The number of benzene rings is 2. The number of nitrogens with two attached hydrogens (primary N) is 1. The minimum atomic E-state index is -0.325. The Bertz CT molecular complexity index is 524. The van der Waals surface area contributed by atoms with Gasteiger partial charge in [0.15, 0.2) is 0 Å². The lowest BCUT2D eigenvalue weighted by atomic mass is 10.1. The highest BCUT2D eigenvalue weighted by atomic mass is 19.1. The van der Waals surface area contributed by atoms with E-state index in [4.69, 9.17) is 5.73 Å². The third-order valence-electron chi connectivity index (χ3n) is 2.66. The van der Waals surface area contributed by atoms with Crippen LogP contribution >= 0.6 is 0 Å². The van der Waals surface area contributed by atoms with Crippen LogP contribution in [0.2, 0.25) is 0 Å². The van der Waals surface area contributed by atoms with Crippen molar-refractivity contribution in [2.24, 2.45) is 0 Å². The second-order valence-corrected chi connectivity index (χ2v) is 4.03. The molecule has 0 aliphatic heterocycles. The summed E-state index contributed by atoms with van der Waals surface area (Å²) in [7, 11) is 0. The maximum absolute atomic E-state index is 13.0. The van der Waals surface area contributed by atoms with Gasteiger partial charge in [-0.1, -0.05) is 12.1 Å². The molecule has 0 aromatic heterocycles. The van der Waals surface area contributed by atoms with Crippen molar-refractivity contribution in [3.05, 3.63) is 59.7 Å². The molecule has 4 heteroatoms. The Morgan fingerprint density at radius 3 is 2.33 bits per heavy atom. The predicted octanol–water partition coefficient (Wildman–Crippen LogP) is 3.20. The molecule has 0 saturated carbocycles. The third kappa shape index (κ3) is 3.20. The second kappa shape index (κ2) is 5.49. The number of halogens is 2. The topological polar surface area (TPSA) is 38.0 Å². The van der Waals surface area contributed by atoms with Crippen LogP contribution in [0.5, 0.6) is 0 Å². The van der Waals surface area contributed by atoms with Crippen LogP contribution < -0.4 is 11.1 Å². The molecule has 0 unspecified atom stereocenters. The molecule has 0 radical (unpaired) electrons. The van der Waals surface area contributed by atoms with Crippen molar-refractivity contribution in [3.63, 3.8) is 0 Å². The van der Waals surface area contributed by atoms with Crippen LogP contribution in [0.25, 0.3) is 0 Å². The molecule has 2 aromatic rings. The summed E-state index contributed by atoms with van der Waals surface area (Å²) in [4.78, 5) is 0. The molecule has 18 heavy (non-hydrogen) atoms. The molecule has 2 rings (SSSR count). The Labute approximate surface area is 104 Å². The Hall–Kier alpha value is -2.10. The van der Waals surface area contributed by atoms with Crippen molar-refractivity contribution in [1.82, 2.24) is 0 Å². The van der Waals surface area contributed by atoms with Gasteiger partial charge in [0.1, 0.15) is 11.6 Å². The second-order valence-electron chi connectivity index (χ2n) is 4.03. The van der Waals surface area contributed by atoms with Gasteiger partial charge in [0.05, 0.1) is 11.4 Å². The standard InChI is InChI=1S/C14H14F2N2/c15-11-3-1-10(2-4-11)7-8-18-14-9-12(16)5-6-13(14)17/h1-6,9,18H,7-8,17H2. The van der Waals surface area contributed by atoms with Crippen molar-refractivity contribution >= 4 is 11.4 Å². The molecule has 0 heterocycles. The van der Waals surface area contributed by atoms with Gasteiger partial charge in [0, 0.05) is 6.54 Å². The first-order chi connectivity index (χ1) is 8.65. The smallest absolute Gasteiger partial charge is 0.125 e. The van der Waals surface area contributed by atoms with Gasteiger partial charge in [-0.25, -0.2) is 8.78 Å². The van der Waals surface area contributed by atoms with Crippen LogP contribution in [0, 0.1) is 11.6 Å². The number of hydrogen-bond donors (Lipinski definition) is 2. The van der Waals surface area contributed by atoms with Crippen LogP contribution in [-0.2, 0) is 6.42 Å². The maximum Gasteiger partial charge on any atom is 0.125 e. The van der Waals surface area contributed by atoms with Crippen molar-refractivity contribution in [3.8, 4) is 0 Å². The van der Waals surface area contributed by atoms with Crippen molar-refractivity contribution in [1.29, 1.82) is 0 Å². The molecule has 3 N–H and O–H groups in total. The van der Waals surface area contributed by atoms with E-state index >= 15 is 0 Å². The van der Waals surface area contributed by atoms with Gasteiger partial charge in [-0.3, -0.25) is 0 Å². The summed E-state index contributed by atoms with van der Waals surface area (Å²) in [5.74, 6) is -0.574. The van der Waals surface area contributed by atoms with Crippen molar-refractivity contribution in [2.45, 2.75) is 6.42 Å². The highest BCUT2D eigenvalue weighted by Crippen LogP contribution is 2.19. The normalized spacial score (nSPS) is 10.3. The van der Waals surface area contributed by atoms with E-state index in [0.717, 1.165) is 12.0 Å². The highest BCUT2D eigenvalue weighted by Gasteiger charge is 2.00. The average molecular weight is 248 g/mol. The molecule has 2 nitrogen and oxygen atoms in total. The van der Waals surface area contributed by atoms with Crippen LogP contribution in [0.4, 0.5) is 20.2 Å². The summed E-state index contributed by atoms with van der Waals surface area (Å²) in [6.45, 7) is 0.610. The summed E-state index contributed by atoms with van der Waals surface area (Å²) >= 11 is 0. The molecule has 0 spiro atoms. The lowest BCUT2D eigenvalue weighted by Crippen LogP contribution is -2.07. The molecule has 2 aromatic carbocycles. The Morgan fingerprint density at radius 1 is 0.944 bits per heavy atom. The minimum absolute atomic E-state index is 0.249. The summed E-state index contributed by atoms with van der Waals surface area (Å²) < 4.78 is 25.7. The maximum atomic E-state index is 13.0. The fourth-order valence-corrected chi connectivity index (χ4v) is 1.67. The average Bonchev–Trinajstić information content (AvgIpc) is 2.36. The first-order valence-corrected chi connectivity index (χ1v) is 5.68. The molecule has 0 bridgehead atoms. The van der Waals surface area contributed by atoms with E-state index in [1.807, 2.05) is 0 Å². The Balaban J connectivity index is 1.92. The van der Waals surface area contributed by atoms with Gasteiger partial charge >= 0.3 is 0 Å². The van der Waals surface area contributed by atoms with E-state index in [1.165, 1.54) is 30.3 Å². The molecular weight excluding hydrogens is 234 g/mol. The number of anilines is 2. The first kappa shape index (κ1) is 12.4. The molecular formula is C14H14F2N2. The van der Waals surface area contributed by atoms with Crippen molar-refractivity contribution in [2.75, 3.05) is 17.6 Å². The quantitative estimate of drug-likeness (QED) is 0.815. The van der Waals surface area contributed by atoms with E-state index in [1.54, 1.807) is 12.1 Å². The van der Waals surface area contributed by atoms with Crippen LogP contribution in [0.1, 0.15) is 5.56 Å². The summed E-state index contributed by atoms with van der Waals surface area (Å²) in [5.41, 5.74) is 7.81. The Morgan fingerprint density at radius 2 is 1.61 bits per heavy atom. The first-order valence-electron chi connectivity index (χ1n) is 5.68. The summed E-state index contributed by atoms with van der Waals surface area (Å²) in [5, 5.41) is 3.06. The molecule has 94 valence electrons. The fourth-order valence-electron chi connectivity index (χ4n) is 1.67. The van der Waals surface area contributed by atoms with Gasteiger partial charge in [0.25, 0.3) is 0 Å². The number of nitrogen functional groups attached to an aromatic ring is 1. The molecule has 0 aliphatic rings. The van der Waals surface area contributed by atoms with E-state index in [9.17, 15) is 8.78 Å². The fraction of sp³-hybridized carbons (Fsp3) is 0.143. The van der Waals surface area contributed by atoms with E-state index < -0.39 is 0 Å². The SMILES string of the molecule is Nc1ccc(F)cc1NCCc1ccc(F)cc1.